The maximum absolute atomic E-state index is 9.63. The van der Waals surface area contributed by atoms with Crippen LogP contribution in [0.15, 0.2) is 12.4 Å². The molecule has 0 aliphatic carbocycles. The van der Waals surface area contributed by atoms with Crippen LogP contribution in [0, 0.1) is 0 Å². The molecule has 1 unspecified atom stereocenters. The Morgan fingerprint density at radius 1 is 1.20 bits per heavy atom. The molecule has 0 aromatic carbocycles. The van der Waals surface area contributed by atoms with E-state index in [1.807, 2.05) is 18.0 Å². The molecule has 1 atom stereocenters. The third kappa shape index (κ3) is 4.12. The Kier molecular flexibility index (Phi) is 5.54. The summed E-state index contributed by atoms with van der Waals surface area (Å²) >= 11 is 0. The van der Waals surface area contributed by atoms with Gasteiger partial charge in [-0.15, -0.1) is 0 Å². The zero-order chi connectivity index (χ0) is 11.1. The van der Waals surface area contributed by atoms with Crippen LogP contribution in [0.3, 0.4) is 0 Å². The van der Waals surface area contributed by atoms with Crippen molar-refractivity contribution >= 4 is 0 Å². The SMILES string of the molecule is CCCCCCN1C=CN(C(O)CC)C1. The normalized spacial score (nSPS) is 17.5. The second kappa shape index (κ2) is 6.72. The van der Waals surface area contributed by atoms with Crippen molar-refractivity contribution < 1.29 is 5.11 Å². The lowest BCUT2D eigenvalue weighted by Crippen LogP contribution is -2.33. The van der Waals surface area contributed by atoms with Crippen LogP contribution in [-0.2, 0) is 0 Å². The molecule has 88 valence electrons. The molecule has 1 N–H and O–H groups in total. The Balaban J connectivity index is 2.12. The van der Waals surface area contributed by atoms with Crippen molar-refractivity contribution in [2.45, 2.75) is 52.2 Å². The van der Waals surface area contributed by atoms with E-state index in [2.05, 4.69) is 18.0 Å². The van der Waals surface area contributed by atoms with Gasteiger partial charge in [-0.2, -0.15) is 0 Å². The van der Waals surface area contributed by atoms with Gasteiger partial charge in [-0.05, 0) is 12.8 Å². The molecule has 0 radical (unpaired) electrons. The maximum Gasteiger partial charge on any atom is 0.127 e. The Hall–Kier alpha value is -0.700. The lowest BCUT2D eigenvalue weighted by Gasteiger charge is -2.24. The molecule has 0 bridgehead atoms. The van der Waals surface area contributed by atoms with Gasteiger partial charge in [0.15, 0.2) is 0 Å². The van der Waals surface area contributed by atoms with Crippen LogP contribution in [0.25, 0.3) is 0 Å². The lowest BCUT2D eigenvalue weighted by atomic mass is 10.2. The van der Waals surface area contributed by atoms with Crippen LogP contribution in [0.4, 0.5) is 0 Å². The lowest BCUT2D eigenvalue weighted by molar-refractivity contribution is 0.0229. The minimum Gasteiger partial charge on any atom is -0.374 e. The van der Waals surface area contributed by atoms with E-state index in [0.717, 1.165) is 19.6 Å². The molecule has 0 aromatic heterocycles. The number of aliphatic hydroxyl groups is 1. The molecule has 0 aromatic rings. The van der Waals surface area contributed by atoms with Gasteiger partial charge in [0.25, 0.3) is 0 Å². The first-order valence-electron chi connectivity index (χ1n) is 6.14. The molecule has 1 aliphatic rings. The molecular weight excluding hydrogens is 188 g/mol. The average molecular weight is 212 g/mol. The minimum absolute atomic E-state index is 0.318. The molecule has 0 saturated carbocycles. The van der Waals surface area contributed by atoms with Crippen LogP contribution < -0.4 is 0 Å². The Bertz CT molecular complexity index is 194. The summed E-state index contributed by atoms with van der Waals surface area (Å²) in [4.78, 5) is 4.26. The second-order valence-electron chi connectivity index (χ2n) is 4.22. The van der Waals surface area contributed by atoms with Gasteiger partial charge in [0.2, 0.25) is 0 Å². The van der Waals surface area contributed by atoms with Crippen molar-refractivity contribution in [3.05, 3.63) is 12.4 Å². The minimum atomic E-state index is -0.318. The summed E-state index contributed by atoms with van der Waals surface area (Å²) in [5.41, 5.74) is 0. The van der Waals surface area contributed by atoms with Crippen LogP contribution in [0.1, 0.15) is 46.0 Å². The fourth-order valence-corrected chi connectivity index (χ4v) is 1.80. The van der Waals surface area contributed by atoms with Gasteiger partial charge >= 0.3 is 0 Å². The molecular formula is C12H24N2O. The van der Waals surface area contributed by atoms with E-state index >= 15 is 0 Å². The van der Waals surface area contributed by atoms with Crippen LogP contribution >= 0.6 is 0 Å². The molecule has 0 amide bonds. The van der Waals surface area contributed by atoms with Crippen LogP contribution in [0.5, 0.6) is 0 Å². The topological polar surface area (TPSA) is 26.7 Å². The highest BCUT2D eigenvalue weighted by molar-refractivity contribution is 4.91. The summed E-state index contributed by atoms with van der Waals surface area (Å²) < 4.78 is 0. The molecule has 0 saturated heterocycles. The van der Waals surface area contributed by atoms with Crippen molar-refractivity contribution in [2.75, 3.05) is 13.2 Å². The summed E-state index contributed by atoms with van der Waals surface area (Å²) in [5, 5.41) is 9.63. The van der Waals surface area contributed by atoms with E-state index in [-0.39, 0.29) is 6.23 Å². The molecule has 0 fully saturated rings. The quantitative estimate of drug-likeness (QED) is 0.656. The molecule has 0 spiro atoms. The van der Waals surface area contributed by atoms with E-state index in [4.69, 9.17) is 0 Å². The average Bonchev–Trinajstić information content (AvgIpc) is 2.72. The molecule has 3 nitrogen and oxygen atoms in total. The van der Waals surface area contributed by atoms with Crippen molar-refractivity contribution in [1.29, 1.82) is 0 Å². The number of hydrogen-bond acceptors (Lipinski definition) is 3. The van der Waals surface area contributed by atoms with Gasteiger partial charge < -0.3 is 14.9 Å². The highest BCUT2D eigenvalue weighted by Crippen LogP contribution is 2.12. The number of rotatable bonds is 7. The summed E-state index contributed by atoms with van der Waals surface area (Å²) in [6, 6.07) is 0. The third-order valence-electron chi connectivity index (χ3n) is 2.86. The predicted octanol–water partition coefficient (Wildman–Crippen LogP) is 2.34. The zero-order valence-electron chi connectivity index (χ0n) is 10.0. The summed E-state index contributed by atoms with van der Waals surface area (Å²) in [5.74, 6) is 0. The smallest absolute Gasteiger partial charge is 0.127 e. The van der Waals surface area contributed by atoms with E-state index in [9.17, 15) is 5.11 Å². The van der Waals surface area contributed by atoms with E-state index in [1.165, 1.54) is 25.7 Å². The fraction of sp³-hybridized carbons (Fsp3) is 0.833. The second-order valence-corrected chi connectivity index (χ2v) is 4.22. The van der Waals surface area contributed by atoms with Gasteiger partial charge in [0.05, 0.1) is 6.67 Å². The molecule has 15 heavy (non-hydrogen) atoms. The molecule has 1 heterocycles. The van der Waals surface area contributed by atoms with Crippen molar-refractivity contribution in [3.8, 4) is 0 Å². The largest absolute Gasteiger partial charge is 0.374 e. The number of aliphatic hydroxyl groups excluding tert-OH is 1. The number of nitrogens with zero attached hydrogens (tertiary/aromatic N) is 2. The zero-order valence-corrected chi connectivity index (χ0v) is 10.0. The van der Waals surface area contributed by atoms with E-state index in [0.29, 0.717) is 0 Å². The van der Waals surface area contributed by atoms with Crippen LogP contribution in [0.2, 0.25) is 0 Å². The van der Waals surface area contributed by atoms with E-state index < -0.39 is 0 Å². The number of hydrogen-bond donors (Lipinski definition) is 1. The van der Waals surface area contributed by atoms with Gasteiger partial charge in [-0.1, -0.05) is 33.1 Å². The summed E-state index contributed by atoms with van der Waals surface area (Å²) in [7, 11) is 0. The first-order valence-corrected chi connectivity index (χ1v) is 6.14. The third-order valence-corrected chi connectivity index (χ3v) is 2.86. The highest BCUT2D eigenvalue weighted by Gasteiger charge is 2.16. The highest BCUT2D eigenvalue weighted by atomic mass is 16.3. The Morgan fingerprint density at radius 2 is 2.00 bits per heavy atom. The van der Waals surface area contributed by atoms with Crippen molar-refractivity contribution in [1.82, 2.24) is 9.80 Å². The first kappa shape index (κ1) is 12.4. The van der Waals surface area contributed by atoms with Gasteiger partial charge in [-0.3, -0.25) is 0 Å². The molecule has 1 rings (SSSR count). The number of unbranched alkanes of at least 4 members (excludes halogenated alkanes) is 3. The van der Waals surface area contributed by atoms with Gasteiger partial charge in [0.1, 0.15) is 6.23 Å². The Labute approximate surface area is 93.4 Å². The standard InChI is InChI=1S/C12H24N2O/c1-3-5-6-7-8-13-9-10-14(11-13)12(15)4-2/h9-10,12,15H,3-8,11H2,1-2H3. The summed E-state index contributed by atoms with van der Waals surface area (Å²) in [6.45, 7) is 6.20. The van der Waals surface area contributed by atoms with Crippen molar-refractivity contribution in [3.63, 3.8) is 0 Å². The van der Waals surface area contributed by atoms with Crippen molar-refractivity contribution in [2.24, 2.45) is 0 Å². The molecule has 3 heteroatoms. The molecule has 1 aliphatic heterocycles. The predicted molar refractivity (Wildman–Crippen MR) is 63.0 cm³/mol. The maximum atomic E-state index is 9.63. The van der Waals surface area contributed by atoms with Gasteiger partial charge in [0, 0.05) is 18.9 Å². The first-order chi connectivity index (χ1) is 7.27. The van der Waals surface area contributed by atoms with Crippen LogP contribution in [-0.4, -0.2) is 34.3 Å². The Morgan fingerprint density at radius 3 is 2.67 bits per heavy atom. The van der Waals surface area contributed by atoms with E-state index in [1.54, 1.807) is 0 Å². The summed E-state index contributed by atoms with van der Waals surface area (Å²) in [6.07, 6.45) is 9.75. The van der Waals surface area contributed by atoms with Gasteiger partial charge in [-0.25, -0.2) is 0 Å². The fourth-order valence-electron chi connectivity index (χ4n) is 1.80. The monoisotopic (exact) mass is 212 g/mol.